The number of phenolic OH excluding ortho intramolecular Hbond substituents is 1. The van der Waals surface area contributed by atoms with E-state index in [1.54, 1.807) is 0 Å². The zero-order chi connectivity index (χ0) is 9.14. The van der Waals surface area contributed by atoms with Gasteiger partial charge in [0.1, 0.15) is 0 Å². The normalized spacial score (nSPS) is 9.50. The molecule has 4 heteroatoms. The predicted octanol–water partition coefficient (Wildman–Crippen LogP) is 1.49. The zero-order valence-electron chi connectivity index (χ0n) is 6.47. The summed E-state index contributed by atoms with van der Waals surface area (Å²) in [4.78, 5) is 10.5. The first-order chi connectivity index (χ1) is 5.61. The van der Waals surface area contributed by atoms with E-state index in [-0.39, 0.29) is 11.6 Å². The van der Waals surface area contributed by atoms with E-state index in [4.69, 9.17) is 5.11 Å². The molecule has 0 aromatic heterocycles. The van der Waals surface area contributed by atoms with Crippen LogP contribution in [0.5, 0.6) is 5.75 Å². The number of para-hydroxylation sites is 1. The number of nitrogens with one attached hydrogen (secondary N) is 1. The molecular weight excluding hydrogens is 161 g/mol. The summed E-state index contributed by atoms with van der Waals surface area (Å²) in [6.07, 6.45) is 0. The smallest absolute Gasteiger partial charge is 0.221 e. The van der Waals surface area contributed by atoms with Gasteiger partial charge in [0.25, 0.3) is 0 Å². The van der Waals surface area contributed by atoms with Gasteiger partial charge < -0.3 is 10.4 Å². The number of anilines is 1. The Balaban J connectivity index is 3.00. The third-order valence-electron chi connectivity index (χ3n) is 1.30. The summed E-state index contributed by atoms with van der Waals surface area (Å²) in [6.45, 7) is 1.28. The Morgan fingerprint density at radius 3 is 2.83 bits per heavy atom. The first-order valence-electron chi connectivity index (χ1n) is 3.36. The van der Waals surface area contributed by atoms with Gasteiger partial charge in [-0.15, -0.1) is 0 Å². The summed E-state index contributed by atoms with van der Waals surface area (Å²) < 4.78 is 12.6. The summed E-state index contributed by atoms with van der Waals surface area (Å²) in [5.74, 6) is -1.63. The number of carbonyl (C=O) groups excluding carboxylic acids is 1. The number of phenols is 1. The van der Waals surface area contributed by atoms with Crippen molar-refractivity contribution in [1.29, 1.82) is 0 Å². The topological polar surface area (TPSA) is 49.3 Å². The number of benzene rings is 1. The van der Waals surface area contributed by atoms with Crippen molar-refractivity contribution in [2.75, 3.05) is 5.32 Å². The van der Waals surface area contributed by atoms with Crippen molar-refractivity contribution >= 4 is 11.6 Å². The van der Waals surface area contributed by atoms with Gasteiger partial charge in [0.15, 0.2) is 11.6 Å². The summed E-state index contributed by atoms with van der Waals surface area (Å²) >= 11 is 0. The first-order valence-corrected chi connectivity index (χ1v) is 3.36. The molecule has 1 aromatic rings. The average molecular weight is 169 g/mol. The fourth-order valence-corrected chi connectivity index (χ4v) is 0.806. The van der Waals surface area contributed by atoms with E-state index in [0.29, 0.717) is 0 Å². The molecule has 0 saturated heterocycles. The van der Waals surface area contributed by atoms with E-state index >= 15 is 0 Å². The molecule has 1 aromatic carbocycles. The lowest BCUT2D eigenvalue weighted by Crippen LogP contribution is -2.06. The molecule has 0 heterocycles. The highest BCUT2D eigenvalue weighted by Gasteiger charge is 2.06. The molecule has 0 saturated carbocycles. The lowest BCUT2D eigenvalue weighted by atomic mass is 10.3. The number of halogens is 1. The molecule has 64 valence electrons. The molecule has 12 heavy (non-hydrogen) atoms. The van der Waals surface area contributed by atoms with E-state index in [2.05, 4.69) is 5.32 Å². The van der Waals surface area contributed by atoms with Crippen LogP contribution in [0.4, 0.5) is 10.1 Å². The summed E-state index contributed by atoms with van der Waals surface area (Å²) in [7, 11) is 0. The van der Waals surface area contributed by atoms with E-state index in [9.17, 15) is 9.18 Å². The van der Waals surface area contributed by atoms with Crippen molar-refractivity contribution in [1.82, 2.24) is 0 Å². The SMILES string of the molecule is CC(=O)Nc1cccc(F)c1O. The maximum atomic E-state index is 12.6. The van der Waals surface area contributed by atoms with Crippen molar-refractivity contribution in [2.45, 2.75) is 6.92 Å². The largest absolute Gasteiger partial charge is 0.503 e. The highest BCUT2D eigenvalue weighted by atomic mass is 19.1. The summed E-state index contributed by atoms with van der Waals surface area (Å²) in [5.41, 5.74) is 0.0856. The van der Waals surface area contributed by atoms with Crippen LogP contribution in [0.1, 0.15) is 6.92 Å². The Hall–Kier alpha value is -1.58. The number of aromatic hydroxyl groups is 1. The minimum Gasteiger partial charge on any atom is -0.503 e. The molecule has 2 N–H and O–H groups in total. The quantitative estimate of drug-likeness (QED) is 0.626. The fraction of sp³-hybridized carbons (Fsp3) is 0.125. The molecule has 3 nitrogen and oxygen atoms in total. The van der Waals surface area contributed by atoms with E-state index in [0.717, 1.165) is 6.07 Å². The van der Waals surface area contributed by atoms with Gasteiger partial charge in [0, 0.05) is 6.92 Å². The minimum atomic E-state index is -0.749. The molecule has 0 atom stereocenters. The second kappa shape index (κ2) is 3.21. The molecule has 0 spiro atoms. The fourth-order valence-electron chi connectivity index (χ4n) is 0.806. The van der Waals surface area contributed by atoms with Crippen LogP contribution in [0.2, 0.25) is 0 Å². The number of rotatable bonds is 1. The van der Waals surface area contributed by atoms with Crippen LogP contribution < -0.4 is 5.32 Å². The second-order valence-electron chi connectivity index (χ2n) is 2.32. The number of carbonyl (C=O) groups is 1. The maximum Gasteiger partial charge on any atom is 0.221 e. The predicted molar refractivity (Wildman–Crippen MR) is 42.4 cm³/mol. The Morgan fingerprint density at radius 2 is 2.25 bits per heavy atom. The van der Waals surface area contributed by atoms with Gasteiger partial charge in [0.05, 0.1) is 5.69 Å². The van der Waals surface area contributed by atoms with Gasteiger partial charge in [0.2, 0.25) is 5.91 Å². The standard InChI is InChI=1S/C8H8FNO2/c1-5(11)10-7-4-2-3-6(9)8(7)12/h2-4,12H,1H3,(H,10,11). The minimum absolute atomic E-state index is 0.0856. The third-order valence-corrected chi connectivity index (χ3v) is 1.30. The Kier molecular flexibility index (Phi) is 2.28. The van der Waals surface area contributed by atoms with Gasteiger partial charge in [-0.05, 0) is 12.1 Å². The van der Waals surface area contributed by atoms with E-state index in [1.165, 1.54) is 19.1 Å². The molecule has 1 amide bonds. The number of amides is 1. The highest BCUT2D eigenvalue weighted by molar-refractivity contribution is 5.90. The monoisotopic (exact) mass is 169 g/mol. The molecule has 1 rings (SSSR count). The molecule has 0 radical (unpaired) electrons. The second-order valence-corrected chi connectivity index (χ2v) is 2.32. The van der Waals surface area contributed by atoms with Gasteiger partial charge in [-0.1, -0.05) is 6.07 Å². The van der Waals surface area contributed by atoms with Crippen LogP contribution in [-0.2, 0) is 4.79 Å². The van der Waals surface area contributed by atoms with Crippen molar-refractivity contribution in [2.24, 2.45) is 0 Å². The van der Waals surface area contributed by atoms with Crippen molar-refractivity contribution in [3.05, 3.63) is 24.0 Å². The molecule has 0 unspecified atom stereocenters. The molecular formula is C8H8FNO2. The Morgan fingerprint density at radius 1 is 1.58 bits per heavy atom. The molecule has 0 aliphatic heterocycles. The van der Waals surface area contributed by atoms with Crippen LogP contribution >= 0.6 is 0 Å². The van der Waals surface area contributed by atoms with Crippen molar-refractivity contribution < 1.29 is 14.3 Å². The van der Waals surface area contributed by atoms with Crippen LogP contribution in [0.25, 0.3) is 0 Å². The lowest BCUT2D eigenvalue weighted by Gasteiger charge is -2.04. The maximum absolute atomic E-state index is 12.6. The summed E-state index contributed by atoms with van der Waals surface area (Å²) in [5, 5.41) is 11.3. The van der Waals surface area contributed by atoms with Crippen molar-refractivity contribution in [3.8, 4) is 5.75 Å². The number of hydrogen-bond acceptors (Lipinski definition) is 2. The van der Waals surface area contributed by atoms with Crippen LogP contribution in [0.15, 0.2) is 18.2 Å². The van der Waals surface area contributed by atoms with Gasteiger partial charge in [-0.25, -0.2) is 4.39 Å². The first kappa shape index (κ1) is 8.52. The Bertz CT molecular complexity index is 312. The molecule has 0 aliphatic carbocycles. The van der Waals surface area contributed by atoms with Crippen LogP contribution in [0, 0.1) is 5.82 Å². The molecule has 0 aliphatic rings. The van der Waals surface area contributed by atoms with E-state index in [1.807, 2.05) is 0 Å². The van der Waals surface area contributed by atoms with E-state index < -0.39 is 11.6 Å². The molecule has 0 fully saturated rings. The van der Waals surface area contributed by atoms with Crippen LogP contribution in [-0.4, -0.2) is 11.0 Å². The average Bonchev–Trinajstić information content (AvgIpc) is 1.98. The lowest BCUT2D eigenvalue weighted by molar-refractivity contribution is -0.114. The van der Waals surface area contributed by atoms with Gasteiger partial charge >= 0.3 is 0 Å². The zero-order valence-corrected chi connectivity index (χ0v) is 6.47. The summed E-state index contributed by atoms with van der Waals surface area (Å²) in [6, 6.07) is 3.93. The molecule has 0 bridgehead atoms. The Labute approximate surface area is 68.8 Å². The highest BCUT2D eigenvalue weighted by Crippen LogP contribution is 2.25. The van der Waals surface area contributed by atoms with Crippen LogP contribution in [0.3, 0.4) is 0 Å². The number of hydrogen-bond donors (Lipinski definition) is 2. The third kappa shape index (κ3) is 1.72. The van der Waals surface area contributed by atoms with Gasteiger partial charge in [-0.3, -0.25) is 4.79 Å². The van der Waals surface area contributed by atoms with Gasteiger partial charge in [-0.2, -0.15) is 0 Å². The van der Waals surface area contributed by atoms with Crippen molar-refractivity contribution in [3.63, 3.8) is 0 Å².